The second kappa shape index (κ2) is 3.97. The van der Waals surface area contributed by atoms with E-state index in [9.17, 15) is 5.11 Å². The quantitative estimate of drug-likeness (QED) is 0.680. The van der Waals surface area contributed by atoms with Gasteiger partial charge in [-0.1, -0.05) is 20.8 Å². The largest absolute Gasteiger partial charge is 0.390 e. The van der Waals surface area contributed by atoms with Gasteiger partial charge in [0.1, 0.15) is 0 Å². The molecule has 0 amide bonds. The molecular formula is C11H22O2. The molecule has 3 atom stereocenters. The first-order valence-electron chi connectivity index (χ1n) is 5.16. The Morgan fingerprint density at radius 2 is 1.85 bits per heavy atom. The minimum Gasteiger partial charge on any atom is -0.390 e. The summed E-state index contributed by atoms with van der Waals surface area (Å²) in [7, 11) is 1.69. The van der Waals surface area contributed by atoms with Crippen molar-refractivity contribution in [1.29, 1.82) is 0 Å². The molecule has 2 nitrogen and oxygen atoms in total. The lowest BCUT2D eigenvalue weighted by Crippen LogP contribution is -2.39. The third-order valence-corrected chi connectivity index (χ3v) is 3.28. The highest BCUT2D eigenvalue weighted by molar-refractivity contribution is 4.85. The zero-order valence-electron chi connectivity index (χ0n) is 9.21. The Balaban J connectivity index is 2.55. The maximum atomic E-state index is 9.63. The van der Waals surface area contributed by atoms with Crippen LogP contribution in [0, 0.1) is 11.3 Å². The second-order valence-corrected chi connectivity index (χ2v) is 5.22. The van der Waals surface area contributed by atoms with E-state index in [0.717, 1.165) is 19.3 Å². The van der Waals surface area contributed by atoms with Crippen molar-refractivity contribution in [3.63, 3.8) is 0 Å². The minimum absolute atomic E-state index is 0.0537. The number of aliphatic hydroxyl groups is 1. The Morgan fingerprint density at radius 3 is 2.31 bits per heavy atom. The highest BCUT2D eigenvalue weighted by Crippen LogP contribution is 2.38. The molecule has 0 heterocycles. The molecule has 0 aromatic heterocycles. The molecule has 13 heavy (non-hydrogen) atoms. The Labute approximate surface area is 81.3 Å². The fourth-order valence-corrected chi connectivity index (χ4v) is 2.15. The molecule has 0 spiro atoms. The van der Waals surface area contributed by atoms with Gasteiger partial charge in [-0.3, -0.25) is 0 Å². The van der Waals surface area contributed by atoms with Crippen LogP contribution >= 0.6 is 0 Å². The van der Waals surface area contributed by atoms with Crippen LogP contribution in [-0.4, -0.2) is 24.4 Å². The molecule has 0 saturated heterocycles. The molecule has 1 aliphatic rings. The molecule has 0 unspecified atom stereocenters. The van der Waals surface area contributed by atoms with Crippen LogP contribution in [0.5, 0.6) is 0 Å². The average Bonchev–Trinajstić information content (AvgIpc) is 2.03. The van der Waals surface area contributed by atoms with Gasteiger partial charge in [-0.15, -0.1) is 0 Å². The van der Waals surface area contributed by atoms with Gasteiger partial charge in [0.05, 0.1) is 12.2 Å². The first kappa shape index (κ1) is 11.0. The van der Waals surface area contributed by atoms with Crippen molar-refractivity contribution in [2.45, 2.75) is 52.2 Å². The van der Waals surface area contributed by atoms with Crippen molar-refractivity contribution in [3.05, 3.63) is 0 Å². The summed E-state index contributed by atoms with van der Waals surface area (Å²) < 4.78 is 5.28. The zero-order valence-corrected chi connectivity index (χ0v) is 9.21. The third-order valence-electron chi connectivity index (χ3n) is 3.28. The molecule has 0 radical (unpaired) electrons. The van der Waals surface area contributed by atoms with E-state index >= 15 is 0 Å². The van der Waals surface area contributed by atoms with Crippen molar-refractivity contribution < 1.29 is 9.84 Å². The van der Waals surface area contributed by atoms with Crippen LogP contribution < -0.4 is 0 Å². The van der Waals surface area contributed by atoms with E-state index in [0.29, 0.717) is 11.3 Å². The van der Waals surface area contributed by atoms with Gasteiger partial charge in [0.2, 0.25) is 0 Å². The molecule has 2 heteroatoms. The Hall–Kier alpha value is -0.0800. The summed E-state index contributed by atoms with van der Waals surface area (Å²) in [4.78, 5) is 0. The Morgan fingerprint density at radius 1 is 1.23 bits per heavy atom. The molecule has 1 aliphatic carbocycles. The summed E-state index contributed by atoms with van der Waals surface area (Å²) in [6.45, 7) is 6.80. The first-order valence-corrected chi connectivity index (χ1v) is 5.16. The summed E-state index contributed by atoms with van der Waals surface area (Å²) in [5.74, 6) is 0.681. The topological polar surface area (TPSA) is 29.5 Å². The van der Waals surface area contributed by atoms with Crippen LogP contribution in [0.1, 0.15) is 40.0 Å². The Kier molecular flexibility index (Phi) is 3.36. The van der Waals surface area contributed by atoms with Crippen LogP contribution in [0.3, 0.4) is 0 Å². The fraction of sp³-hybridized carbons (Fsp3) is 1.00. The van der Waals surface area contributed by atoms with Gasteiger partial charge in [-0.05, 0) is 30.6 Å². The van der Waals surface area contributed by atoms with Crippen molar-refractivity contribution in [2.24, 2.45) is 11.3 Å². The maximum absolute atomic E-state index is 9.63. The molecule has 1 saturated carbocycles. The number of rotatable bonds is 1. The average molecular weight is 186 g/mol. The zero-order chi connectivity index (χ0) is 10.1. The maximum Gasteiger partial charge on any atom is 0.0833 e. The summed E-state index contributed by atoms with van der Waals surface area (Å²) in [6, 6.07) is 0. The summed E-state index contributed by atoms with van der Waals surface area (Å²) in [6.07, 6.45) is 2.83. The predicted molar refractivity (Wildman–Crippen MR) is 53.6 cm³/mol. The third kappa shape index (κ3) is 2.68. The van der Waals surface area contributed by atoms with Gasteiger partial charge < -0.3 is 9.84 Å². The normalized spacial score (nSPS) is 36.2. The lowest BCUT2D eigenvalue weighted by atomic mass is 9.71. The van der Waals surface area contributed by atoms with Crippen molar-refractivity contribution >= 4 is 0 Å². The number of aliphatic hydroxyl groups excluding tert-OH is 1. The van der Waals surface area contributed by atoms with Gasteiger partial charge in [-0.2, -0.15) is 0 Å². The van der Waals surface area contributed by atoms with Crippen molar-refractivity contribution in [3.8, 4) is 0 Å². The molecule has 1 N–H and O–H groups in total. The SMILES string of the molecule is CO[C@H]1C[C@@H](C(C)(C)C)CC[C@H]1O. The summed E-state index contributed by atoms with van der Waals surface area (Å²) in [5, 5.41) is 9.63. The van der Waals surface area contributed by atoms with Gasteiger partial charge in [0.25, 0.3) is 0 Å². The van der Waals surface area contributed by atoms with E-state index in [1.54, 1.807) is 7.11 Å². The van der Waals surface area contributed by atoms with Crippen LogP contribution in [0.2, 0.25) is 0 Å². The van der Waals surface area contributed by atoms with Crippen LogP contribution in [0.15, 0.2) is 0 Å². The number of ether oxygens (including phenoxy) is 1. The second-order valence-electron chi connectivity index (χ2n) is 5.22. The monoisotopic (exact) mass is 186 g/mol. The summed E-state index contributed by atoms with van der Waals surface area (Å²) in [5.41, 5.74) is 0.344. The van der Waals surface area contributed by atoms with E-state index in [1.165, 1.54) is 0 Å². The van der Waals surface area contributed by atoms with Crippen molar-refractivity contribution in [1.82, 2.24) is 0 Å². The van der Waals surface area contributed by atoms with Crippen molar-refractivity contribution in [2.75, 3.05) is 7.11 Å². The van der Waals surface area contributed by atoms with Gasteiger partial charge in [0, 0.05) is 7.11 Å². The van der Waals surface area contributed by atoms with Crippen LogP contribution in [0.4, 0.5) is 0 Å². The van der Waals surface area contributed by atoms with E-state index < -0.39 is 0 Å². The van der Waals surface area contributed by atoms with E-state index in [4.69, 9.17) is 4.74 Å². The highest BCUT2D eigenvalue weighted by atomic mass is 16.5. The molecule has 1 fully saturated rings. The van der Waals surface area contributed by atoms with Gasteiger partial charge in [0.15, 0.2) is 0 Å². The minimum atomic E-state index is -0.247. The predicted octanol–water partition coefficient (Wildman–Crippen LogP) is 2.21. The van der Waals surface area contributed by atoms with E-state index in [-0.39, 0.29) is 12.2 Å². The first-order chi connectivity index (χ1) is 5.95. The van der Waals surface area contributed by atoms with Crippen LogP contribution in [0.25, 0.3) is 0 Å². The molecule has 0 aliphatic heterocycles. The van der Waals surface area contributed by atoms with Gasteiger partial charge in [-0.25, -0.2) is 0 Å². The molecule has 0 aromatic carbocycles. The lowest BCUT2D eigenvalue weighted by molar-refractivity contribution is -0.0651. The fourth-order valence-electron chi connectivity index (χ4n) is 2.15. The smallest absolute Gasteiger partial charge is 0.0833 e. The Bertz CT molecular complexity index is 160. The van der Waals surface area contributed by atoms with E-state index in [1.807, 2.05) is 0 Å². The molecule has 78 valence electrons. The molecule has 0 bridgehead atoms. The van der Waals surface area contributed by atoms with Crippen LogP contribution in [-0.2, 0) is 4.74 Å². The molecule has 0 aromatic rings. The highest BCUT2D eigenvalue weighted by Gasteiger charge is 2.34. The number of hydrogen-bond acceptors (Lipinski definition) is 2. The molecular weight excluding hydrogens is 164 g/mol. The van der Waals surface area contributed by atoms with Gasteiger partial charge >= 0.3 is 0 Å². The number of methoxy groups -OCH3 is 1. The standard InChI is InChI=1S/C11H22O2/c1-11(2,3)8-5-6-9(12)10(7-8)13-4/h8-10,12H,5-7H2,1-4H3/t8-,9+,10-/m0/s1. The molecule has 1 rings (SSSR count). The summed E-state index contributed by atoms with van der Waals surface area (Å²) >= 11 is 0. The van der Waals surface area contributed by atoms with E-state index in [2.05, 4.69) is 20.8 Å². The lowest BCUT2D eigenvalue weighted by Gasteiger charge is -2.39. The number of hydrogen-bond donors (Lipinski definition) is 1.